The van der Waals surface area contributed by atoms with Gasteiger partial charge in [0.05, 0.1) is 22.9 Å². The molecule has 0 atom stereocenters. The van der Waals surface area contributed by atoms with E-state index in [0.717, 1.165) is 12.1 Å². The molecule has 0 bridgehead atoms. The van der Waals surface area contributed by atoms with Crippen LogP contribution in [0.1, 0.15) is 35.7 Å². The summed E-state index contributed by atoms with van der Waals surface area (Å²) in [5.41, 5.74) is -0.120. The Labute approximate surface area is 183 Å². The maximum atomic E-state index is 12.7. The molecule has 1 aliphatic rings. The Bertz CT molecular complexity index is 940. The van der Waals surface area contributed by atoms with Crippen LogP contribution in [0.5, 0.6) is 5.75 Å². The number of nitrogens with one attached hydrogen (secondary N) is 1. The molecule has 5 nitrogen and oxygen atoms in total. The summed E-state index contributed by atoms with van der Waals surface area (Å²) in [6.45, 7) is 2.90. The van der Waals surface area contributed by atoms with Gasteiger partial charge in [-0.1, -0.05) is 17.7 Å². The highest BCUT2D eigenvalue weighted by molar-refractivity contribution is 6.32. The summed E-state index contributed by atoms with van der Waals surface area (Å²) in [6, 6.07) is 9.25. The van der Waals surface area contributed by atoms with Crippen molar-refractivity contribution in [2.45, 2.75) is 25.9 Å². The highest BCUT2D eigenvalue weighted by Gasteiger charge is 2.31. The molecule has 0 saturated carbocycles. The van der Waals surface area contributed by atoms with Crippen molar-refractivity contribution in [2.24, 2.45) is 5.92 Å². The van der Waals surface area contributed by atoms with Crippen molar-refractivity contribution in [1.82, 2.24) is 4.90 Å². The summed E-state index contributed by atoms with van der Waals surface area (Å²) < 4.78 is 43.6. The van der Waals surface area contributed by atoms with E-state index in [1.165, 1.54) is 12.1 Å². The van der Waals surface area contributed by atoms with E-state index in [0.29, 0.717) is 49.0 Å². The van der Waals surface area contributed by atoms with Gasteiger partial charge in [-0.2, -0.15) is 13.2 Å². The fourth-order valence-corrected chi connectivity index (χ4v) is 3.69. The Morgan fingerprint density at radius 2 is 1.77 bits per heavy atom. The number of anilines is 1. The van der Waals surface area contributed by atoms with Gasteiger partial charge in [-0.15, -0.1) is 0 Å². The lowest BCUT2D eigenvalue weighted by Crippen LogP contribution is -2.41. The average molecular weight is 455 g/mol. The monoisotopic (exact) mass is 454 g/mol. The minimum Gasteiger partial charge on any atom is -0.490 e. The Balaban J connectivity index is 1.59. The molecule has 166 valence electrons. The van der Waals surface area contributed by atoms with Gasteiger partial charge in [-0.05, 0) is 56.2 Å². The topological polar surface area (TPSA) is 58.6 Å². The van der Waals surface area contributed by atoms with Gasteiger partial charge in [0, 0.05) is 24.6 Å². The average Bonchev–Trinajstić information content (AvgIpc) is 2.75. The number of carbonyl (C=O) groups is 2. The third-order valence-electron chi connectivity index (χ3n) is 5.13. The molecule has 2 amide bonds. The third-order valence-corrected chi connectivity index (χ3v) is 5.42. The van der Waals surface area contributed by atoms with Crippen LogP contribution in [0.4, 0.5) is 18.9 Å². The molecular formula is C22H22ClF3N2O3. The second-order valence-electron chi connectivity index (χ2n) is 7.18. The second-order valence-corrected chi connectivity index (χ2v) is 7.59. The molecule has 3 rings (SSSR count). The van der Waals surface area contributed by atoms with Gasteiger partial charge in [0.25, 0.3) is 5.91 Å². The molecule has 0 unspecified atom stereocenters. The molecule has 2 aromatic rings. The van der Waals surface area contributed by atoms with E-state index in [4.69, 9.17) is 16.3 Å². The highest BCUT2D eigenvalue weighted by atomic mass is 35.5. The van der Waals surface area contributed by atoms with Crippen LogP contribution >= 0.6 is 11.6 Å². The fourth-order valence-electron chi connectivity index (χ4n) is 3.46. The summed E-state index contributed by atoms with van der Waals surface area (Å²) in [6.07, 6.45) is -3.55. The van der Waals surface area contributed by atoms with Crippen LogP contribution in [0.15, 0.2) is 42.5 Å². The number of benzene rings is 2. The maximum absolute atomic E-state index is 12.7. The Hall–Kier alpha value is -2.74. The van der Waals surface area contributed by atoms with Gasteiger partial charge in [-0.3, -0.25) is 9.59 Å². The number of nitrogens with zero attached hydrogens (tertiary/aromatic N) is 1. The van der Waals surface area contributed by atoms with Crippen molar-refractivity contribution < 1.29 is 27.5 Å². The summed E-state index contributed by atoms with van der Waals surface area (Å²) >= 11 is 6.14. The Morgan fingerprint density at radius 1 is 1.13 bits per heavy atom. The third kappa shape index (κ3) is 5.50. The number of hydrogen-bond donors (Lipinski definition) is 1. The largest absolute Gasteiger partial charge is 0.490 e. The molecule has 0 spiro atoms. The SMILES string of the molecule is CCOc1c(Cl)cccc1NC(=O)C1CCN(C(=O)c2ccc(C(F)(F)F)cc2)CC1. The van der Waals surface area contributed by atoms with Crippen molar-refractivity contribution in [1.29, 1.82) is 0 Å². The zero-order valence-corrected chi connectivity index (χ0v) is 17.6. The van der Waals surface area contributed by atoms with Crippen molar-refractivity contribution in [3.8, 4) is 5.75 Å². The van der Waals surface area contributed by atoms with Crippen LogP contribution in [-0.4, -0.2) is 36.4 Å². The van der Waals surface area contributed by atoms with Gasteiger partial charge >= 0.3 is 6.18 Å². The summed E-state index contributed by atoms with van der Waals surface area (Å²) in [4.78, 5) is 26.8. The lowest BCUT2D eigenvalue weighted by molar-refractivity contribution is -0.137. The minimum absolute atomic E-state index is 0.190. The van der Waals surface area contributed by atoms with Crippen molar-refractivity contribution in [3.05, 3.63) is 58.6 Å². The van der Waals surface area contributed by atoms with Crippen molar-refractivity contribution >= 4 is 29.1 Å². The van der Waals surface area contributed by atoms with E-state index in [1.54, 1.807) is 23.1 Å². The van der Waals surface area contributed by atoms with E-state index in [2.05, 4.69) is 5.32 Å². The van der Waals surface area contributed by atoms with Gasteiger partial charge in [0.2, 0.25) is 5.91 Å². The summed E-state index contributed by atoms with van der Waals surface area (Å²) in [7, 11) is 0. The predicted molar refractivity (Wildman–Crippen MR) is 111 cm³/mol. The number of alkyl halides is 3. The lowest BCUT2D eigenvalue weighted by Gasteiger charge is -2.31. The number of carbonyl (C=O) groups excluding carboxylic acids is 2. The normalized spacial score (nSPS) is 14.9. The molecule has 0 radical (unpaired) electrons. The number of likely N-dealkylation sites (tertiary alicyclic amines) is 1. The first kappa shape index (κ1) is 22.9. The quantitative estimate of drug-likeness (QED) is 0.671. The molecule has 0 aromatic heterocycles. The van der Waals surface area contributed by atoms with Crippen LogP contribution in [0.25, 0.3) is 0 Å². The van der Waals surface area contributed by atoms with Crippen LogP contribution in [0, 0.1) is 5.92 Å². The Morgan fingerprint density at radius 3 is 2.35 bits per heavy atom. The smallest absolute Gasteiger partial charge is 0.416 e. The first-order chi connectivity index (χ1) is 14.7. The first-order valence-electron chi connectivity index (χ1n) is 9.89. The van der Waals surface area contributed by atoms with Crippen LogP contribution in [-0.2, 0) is 11.0 Å². The number of halogens is 4. The van der Waals surface area contributed by atoms with Gasteiger partial charge in [0.15, 0.2) is 5.75 Å². The number of piperidine rings is 1. The fraction of sp³-hybridized carbons (Fsp3) is 0.364. The van der Waals surface area contributed by atoms with Crippen molar-refractivity contribution in [3.63, 3.8) is 0 Å². The number of rotatable bonds is 5. The molecule has 1 N–H and O–H groups in total. The molecule has 1 heterocycles. The van der Waals surface area contributed by atoms with Crippen LogP contribution in [0.2, 0.25) is 5.02 Å². The maximum Gasteiger partial charge on any atom is 0.416 e. The molecule has 2 aromatic carbocycles. The van der Waals surface area contributed by atoms with Crippen LogP contribution < -0.4 is 10.1 Å². The highest BCUT2D eigenvalue weighted by Crippen LogP contribution is 2.34. The zero-order valence-electron chi connectivity index (χ0n) is 16.8. The first-order valence-corrected chi connectivity index (χ1v) is 10.3. The molecule has 1 aliphatic heterocycles. The van der Waals surface area contributed by atoms with Gasteiger partial charge < -0.3 is 15.0 Å². The predicted octanol–water partition coefficient (Wildman–Crippen LogP) is 5.25. The van der Waals surface area contributed by atoms with E-state index < -0.39 is 11.7 Å². The number of hydrogen-bond acceptors (Lipinski definition) is 3. The molecule has 0 aliphatic carbocycles. The second kappa shape index (κ2) is 9.60. The summed E-state index contributed by atoms with van der Waals surface area (Å²) in [5.74, 6) is -0.425. The molecule has 9 heteroatoms. The number of amides is 2. The molecule has 31 heavy (non-hydrogen) atoms. The molecule has 1 fully saturated rings. The number of para-hydroxylation sites is 1. The Kier molecular flexibility index (Phi) is 7.10. The molecule has 1 saturated heterocycles. The van der Waals surface area contributed by atoms with E-state index >= 15 is 0 Å². The van der Waals surface area contributed by atoms with Crippen molar-refractivity contribution in [2.75, 3.05) is 25.0 Å². The van der Waals surface area contributed by atoms with Gasteiger partial charge in [-0.25, -0.2) is 0 Å². The van der Waals surface area contributed by atoms with E-state index in [9.17, 15) is 22.8 Å². The number of ether oxygens (including phenoxy) is 1. The molecular weight excluding hydrogens is 433 g/mol. The minimum atomic E-state index is -4.45. The van der Waals surface area contributed by atoms with E-state index in [-0.39, 0.29) is 23.3 Å². The summed E-state index contributed by atoms with van der Waals surface area (Å²) in [5, 5.41) is 3.24. The van der Waals surface area contributed by atoms with Gasteiger partial charge in [0.1, 0.15) is 0 Å². The van der Waals surface area contributed by atoms with Crippen LogP contribution in [0.3, 0.4) is 0 Å². The zero-order chi connectivity index (χ0) is 22.6. The van der Waals surface area contributed by atoms with E-state index in [1.807, 2.05) is 6.92 Å². The standard InChI is InChI=1S/C22H22ClF3N2O3/c1-2-31-19-17(23)4-3-5-18(19)27-20(29)14-10-12-28(13-11-14)21(30)15-6-8-16(9-7-15)22(24,25)26/h3-9,14H,2,10-13H2,1H3,(H,27,29). The lowest BCUT2D eigenvalue weighted by atomic mass is 9.95.